The second-order valence-corrected chi connectivity index (χ2v) is 11.7. The molecule has 4 bridgehead atoms. The number of methoxy groups -OCH3 is 2. The Morgan fingerprint density at radius 2 is 1.77 bits per heavy atom. The number of hydrogen-bond acceptors (Lipinski definition) is 6. The van der Waals surface area contributed by atoms with E-state index in [-0.39, 0.29) is 48.1 Å². The molecule has 2 N–H and O–H groups in total. The number of likely N-dealkylation sites (tertiary alicyclic amines) is 1. The molecule has 4 aliphatic rings. The van der Waals surface area contributed by atoms with Gasteiger partial charge in [-0.3, -0.25) is 14.4 Å². The fourth-order valence-corrected chi connectivity index (χ4v) is 7.20. The highest BCUT2D eigenvalue weighted by Gasteiger charge is 2.44. The van der Waals surface area contributed by atoms with Gasteiger partial charge in [0.2, 0.25) is 17.7 Å². The summed E-state index contributed by atoms with van der Waals surface area (Å²) in [5, 5.41) is 6.42. The molecule has 0 radical (unpaired) electrons. The van der Waals surface area contributed by atoms with Gasteiger partial charge in [-0.25, -0.2) is 0 Å². The summed E-state index contributed by atoms with van der Waals surface area (Å²) < 4.78 is 11.3. The van der Waals surface area contributed by atoms with E-state index in [0.29, 0.717) is 50.6 Å². The van der Waals surface area contributed by atoms with Crippen molar-refractivity contribution in [2.45, 2.75) is 76.3 Å². The van der Waals surface area contributed by atoms with Gasteiger partial charge in [-0.2, -0.15) is 0 Å². The van der Waals surface area contributed by atoms with Crippen LogP contribution in [0, 0.1) is 11.8 Å². The first-order valence-corrected chi connectivity index (χ1v) is 14.8. The summed E-state index contributed by atoms with van der Waals surface area (Å²) in [5.74, 6) is 2.39. The number of halogens is 1. The molecule has 0 aliphatic carbocycles. The SMILES string of the molecule is COc1cc2cc(c1OC)CCCNC(=O)CCC[C@H]1[C@@H]3C[C@@H](CN(C(=O)[C@H]4CCCN4)C3)CN1C(=O)CC2.Cl. The average molecular weight is 577 g/mol. The number of nitrogens with one attached hydrogen (secondary N) is 2. The van der Waals surface area contributed by atoms with Gasteiger partial charge >= 0.3 is 0 Å². The molecule has 0 unspecified atom stereocenters. The van der Waals surface area contributed by atoms with Crippen LogP contribution < -0.4 is 20.1 Å². The topological polar surface area (TPSA) is 100 Å². The summed E-state index contributed by atoms with van der Waals surface area (Å²) in [4.78, 5) is 43.7. The summed E-state index contributed by atoms with van der Waals surface area (Å²) in [6.07, 6.45) is 7.61. The molecule has 3 saturated heterocycles. The zero-order valence-corrected chi connectivity index (χ0v) is 24.7. The van der Waals surface area contributed by atoms with E-state index in [1.54, 1.807) is 14.2 Å². The van der Waals surface area contributed by atoms with Gasteiger partial charge in [0.15, 0.2) is 11.5 Å². The predicted molar refractivity (Wildman–Crippen MR) is 155 cm³/mol. The molecule has 0 aromatic heterocycles. The van der Waals surface area contributed by atoms with E-state index in [1.165, 1.54) is 0 Å². The van der Waals surface area contributed by atoms with Crippen molar-refractivity contribution in [2.24, 2.45) is 11.8 Å². The molecule has 1 aromatic rings. The van der Waals surface area contributed by atoms with Gasteiger partial charge in [-0.05, 0) is 86.9 Å². The van der Waals surface area contributed by atoms with Crippen LogP contribution in [0.5, 0.6) is 11.5 Å². The molecule has 3 fully saturated rings. The standard InChI is InChI=1S/C30H44N4O5.ClH/c1-38-26-16-20-10-11-28(36)34-18-21-15-23(19-33(17-21)30(37)24-7-5-12-31-24)25(34)8-3-9-27(35)32-13-4-6-22(14-20)29(26)39-2;/h14,16,21,23-25,31H,3-13,15,17-19H2,1-2H3,(H,32,35);1H/t21-,23+,24+,25-;/m0./s1. The van der Waals surface area contributed by atoms with Crippen LogP contribution >= 0.6 is 12.4 Å². The van der Waals surface area contributed by atoms with Crippen LogP contribution in [0.25, 0.3) is 0 Å². The zero-order chi connectivity index (χ0) is 27.4. The number of fused-ring (bicyclic) bond motifs is 6. The quantitative estimate of drug-likeness (QED) is 0.574. The van der Waals surface area contributed by atoms with Crippen molar-refractivity contribution < 1.29 is 23.9 Å². The smallest absolute Gasteiger partial charge is 0.239 e. The minimum atomic E-state index is -0.0614. The van der Waals surface area contributed by atoms with Crippen LogP contribution in [0.3, 0.4) is 0 Å². The molecule has 222 valence electrons. The van der Waals surface area contributed by atoms with Crippen molar-refractivity contribution in [3.8, 4) is 11.5 Å². The van der Waals surface area contributed by atoms with Crippen molar-refractivity contribution in [3.63, 3.8) is 0 Å². The van der Waals surface area contributed by atoms with E-state index in [2.05, 4.69) is 26.5 Å². The Balaban J connectivity index is 0.00000370. The highest BCUT2D eigenvalue weighted by atomic mass is 35.5. The molecule has 9 nitrogen and oxygen atoms in total. The molecule has 4 aliphatic heterocycles. The lowest BCUT2D eigenvalue weighted by Crippen LogP contribution is -2.61. The minimum Gasteiger partial charge on any atom is -0.493 e. The maximum Gasteiger partial charge on any atom is 0.239 e. The van der Waals surface area contributed by atoms with Crippen LogP contribution in [-0.4, -0.2) is 86.5 Å². The summed E-state index contributed by atoms with van der Waals surface area (Å²) in [5.41, 5.74) is 2.09. The van der Waals surface area contributed by atoms with Gasteiger partial charge in [0.25, 0.3) is 0 Å². The van der Waals surface area contributed by atoms with E-state index in [1.807, 2.05) is 6.07 Å². The van der Waals surface area contributed by atoms with Crippen molar-refractivity contribution >= 4 is 30.1 Å². The number of nitrogens with zero attached hydrogens (tertiary/aromatic N) is 2. The monoisotopic (exact) mass is 576 g/mol. The summed E-state index contributed by atoms with van der Waals surface area (Å²) in [7, 11) is 3.28. The third-order valence-corrected chi connectivity index (χ3v) is 9.05. The molecule has 0 spiro atoms. The molecule has 3 amide bonds. The Kier molecular flexibility index (Phi) is 10.6. The predicted octanol–water partition coefficient (Wildman–Crippen LogP) is 2.72. The number of hydrogen-bond donors (Lipinski definition) is 2. The number of ether oxygens (including phenoxy) is 2. The summed E-state index contributed by atoms with van der Waals surface area (Å²) in [6, 6.07) is 4.09. The summed E-state index contributed by atoms with van der Waals surface area (Å²) >= 11 is 0. The highest BCUT2D eigenvalue weighted by molar-refractivity contribution is 5.85. The van der Waals surface area contributed by atoms with E-state index in [4.69, 9.17) is 9.47 Å². The van der Waals surface area contributed by atoms with Gasteiger partial charge in [-0.1, -0.05) is 6.07 Å². The lowest BCUT2D eigenvalue weighted by atomic mass is 9.77. The third kappa shape index (κ3) is 6.85. The number of rotatable bonds is 3. The Labute approximate surface area is 244 Å². The fourth-order valence-electron chi connectivity index (χ4n) is 7.20. The first kappa shape index (κ1) is 30.4. The molecule has 4 atom stereocenters. The van der Waals surface area contributed by atoms with E-state index in [9.17, 15) is 14.4 Å². The number of carbonyl (C=O) groups excluding carboxylic acids is 3. The van der Waals surface area contributed by atoms with Gasteiger partial charge < -0.3 is 29.9 Å². The molecule has 5 rings (SSSR count). The maximum atomic E-state index is 13.7. The molecule has 10 heteroatoms. The number of carbonyl (C=O) groups is 3. The van der Waals surface area contributed by atoms with Crippen molar-refractivity contribution in [2.75, 3.05) is 46.9 Å². The second-order valence-electron chi connectivity index (χ2n) is 11.7. The molecular weight excluding hydrogens is 532 g/mol. The van der Waals surface area contributed by atoms with E-state index in [0.717, 1.165) is 74.9 Å². The first-order chi connectivity index (χ1) is 19.0. The zero-order valence-electron chi connectivity index (χ0n) is 23.9. The minimum absolute atomic E-state index is 0. The Hall–Kier alpha value is -2.52. The largest absolute Gasteiger partial charge is 0.493 e. The van der Waals surface area contributed by atoms with Crippen LogP contribution in [0.15, 0.2) is 12.1 Å². The Morgan fingerprint density at radius 3 is 2.52 bits per heavy atom. The van der Waals surface area contributed by atoms with Crippen molar-refractivity contribution in [1.29, 1.82) is 0 Å². The van der Waals surface area contributed by atoms with Crippen LogP contribution in [0.1, 0.15) is 62.5 Å². The van der Waals surface area contributed by atoms with Crippen LogP contribution in [0.4, 0.5) is 0 Å². The molecule has 40 heavy (non-hydrogen) atoms. The van der Waals surface area contributed by atoms with Crippen molar-refractivity contribution in [1.82, 2.24) is 20.4 Å². The lowest BCUT2D eigenvalue weighted by Gasteiger charge is -2.51. The summed E-state index contributed by atoms with van der Waals surface area (Å²) in [6.45, 7) is 3.63. The van der Waals surface area contributed by atoms with E-state index < -0.39 is 0 Å². The van der Waals surface area contributed by atoms with Gasteiger partial charge in [0.05, 0.1) is 20.3 Å². The molecule has 4 heterocycles. The van der Waals surface area contributed by atoms with Gasteiger partial charge in [0, 0.05) is 45.1 Å². The third-order valence-electron chi connectivity index (χ3n) is 9.05. The molecule has 1 aromatic carbocycles. The number of aryl methyl sites for hydroxylation is 2. The normalized spacial score (nSPS) is 27.8. The highest BCUT2D eigenvalue weighted by Crippen LogP contribution is 2.37. The van der Waals surface area contributed by atoms with Gasteiger partial charge in [-0.15, -0.1) is 12.4 Å². The number of amides is 3. The van der Waals surface area contributed by atoms with Crippen molar-refractivity contribution in [3.05, 3.63) is 23.3 Å². The van der Waals surface area contributed by atoms with E-state index >= 15 is 0 Å². The second kappa shape index (κ2) is 13.9. The fraction of sp³-hybridized carbons (Fsp3) is 0.700. The van der Waals surface area contributed by atoms with Gasteiger partial charge in [0.1, 0.15) is 0 Å². The average Bonchev–Trinajstić information content (AvgIpc) is 3.48. The first-order valence-electron chi connectivity index (χ1n) is 14.8. The molecular formula is C30H45ClN4O5. The maximum absolute atomic E-state index is 13.7. The lowest BCUT2D eigenvalue weighted by molar-refractivity contribution is -0.146. The number of piperidine rings is 2. The Bertz CT molecular complexity index is 1060. The van der Waals surface area contributed by atoms with Crippen LogP contribution in [-0.2, 0) is 27.2 Å². The Morgan fingerprint density at radius 1 is 0.925 bits per heavy atom. The molecule has 0 saturated carbocycles. The van der Waals surface area contributed by atoms with Crippen LogP contribution in [0.2, 0.25) is 0 Å². The number of benzene rings is 1.